The van der Waals surface area contributed by atoms with Gasteiger partial charge in [0.05, 0.1) is 18.5 Å². The molecule has 0 aliphatic carbocycles. The first-order chi connectivity index (χ1) is 9.19. The van der Waals surface area contributed by atoms with Gasteiger partial charge in [0, 0.05) is 31.2 Å². The summed E-state index contributed by atoms with van der Waals surface area (Å²) in [5.74, 6) is 0.708. The normalized spacial score (nSPS) is 19.8. The summed E-state index contributed by atoms with van der Waals surface area (Å²) >= 11 is 0. The molecule has 1 aromatic rings. The van der Waals surface area contributed by atoms with Crippen LogP contribution >= 0.6 is 0 Å². The van der Waals surface area contributed by atoms with Crippen molar-refractivity contribution in [2.24, 2.45) is 0 Å². The number of anilines is 1. The first-order valence-corrected chi connectivity index (χ1v) is 7.29. The molecule has 106 valence electrons. The monoisotopic (exact) mass is 263 g/mol. The molecule has 0 bridgehead atoms. The fraction of sp³-hybridized carbons (Fsp3) is 0.667. The molecule has 1 fully saturated rings. The first kappa shape index (κ1) is 14.1. The van der Waals surface area contributed by atoms with E-state index in [1.165, 1.54) is 18.5 Å². The molecule has 2 heterocycles. The van der Waals surface area contributed by atoms with Crippen LogP contribution in [-0.4, -0.2) is 36.8 Å². The minimum atomic E-state index is 0.545. The Morgan fingerprint density at radius 1 is 1.47 bits per heavy atom. The van der Waals surface area contributed by atoms with Gasteiger partial charge in [0.2, 0.25) is 5.88 Å². The van der Waals surface area contributed by atoms with Gasteiger partial charge in [-0.25, -0.2) is 4.98 Å². The van der Waals surface area contributed by atoms with E-state index in [-0.39, 0.29) is 0 Å². The van der Waals surface area contributed by atoms with Crippen LogP contribution in [-0.2, 0) is 0 Å². The number of nitrogens with one attached hydrogen (secondary N) is 1. The first-order valence-electron chi connectivity index (χ1n) is 7.29. The molecule has 1 aliphatic rings. The maximum atomic E-state index is 5.38. The average molecular weight is 263 g/mol. The van der Waals surface area contributed by atoms with Gasteiger partial charge >= 0.3 is 0 Å². The highest BCUT2D eigenvalue weighted by molar-refractivity contribution is 5.46. The summed E-state index contributed by atoms with van der Waals surface area (Å²) < 4.78 is 5.38. The molecular weight excluding hydrogens is 238 g/mol. The maximum Gasteiger partial charge on any atom is 0.213 e. The summed E-state index contributed by atoms with van der Waals surface area (Å²) in [6, 6.07) is 5.19. The number of hydrogen-bond acceptors (Lipinski definition) is 4. The van der Waals surface area contributed by atoms with Gasteiger partial charge in [-0.05, 0) is 25.8 Å². The van der Waals surface area contributed by atoms with Crippen molar-refractivity contribution in [1.82, 2.24) is 10.3 Å². The van der Waals surface area contributed by atoms with E-state index in [0.29, 0.717) is 24.6 Å². The Hall–Kier alpha value is -1.29. The summed E-state index contributed by atoms with van der Waals surface area (Å²) in [6.45, 7) is 9.23. The zero-order chi connectivity index (χ0) is 13.7. The molecule has 0 amide bonds. The lowest BCUT2D eigenvalue weighted by Gasteiger charge is -2.35. The van der Waals surface area contributed by atoms with Gasteiger partial charge in [-0.15, -0.1) is 0 Å². The number of rotatable bonds is 5. The summed E-state index contributed by atoms with van der Waals surface area (Å²) in [4.78, 5) is 6.75. The number of aromatic nitrogens is 1. The van der Waals surface area contributed by atoms with Crippen molar-refractivity contribution in [3.8, 4) is 5.88 Å². The molecule has 0 radical (unpaired) electrons. The van der Waals surface area contributed by atoms with Crippen LogP contribution in [0.5, 0.6) is 5.88 Å². The predicted molar refractivity (Wildman–Crippen MR) is 78.9 cm³/mol. The second-order valence-electron chi connectivity index (χ2n) is 5.39. The van der Waals surface area contributed by atoms with Crippen LogP contribution in [0, 0.1) is 0 Å². The number of pyridine rings is 1. The van der Waals surface area contributed by atoms with Crippen molar-refractivity contribution in [3.63, 3.8) is 0 Å². The highest BCUT2D eigenvalue weighted by Gasteiger charge is 2.20. The van der Waals surface area contributed by atoms with Crippen molar-refractivity contribution in [3.05, 3.63) is 18.3 Å². The Morgan fingerprint density at radius 3 is 2.95 bits per heavy atom. The summed E-state index contributed by atoms with van der Waals surface area (Å²) in [6.07, 6.45) is 4.42. The zero-order valence-electron chi connectivity index (χ0n) is 12.2. The maximum absolute atomic E-state index is 5.38. The SMILES string of the molecule is CCOc1ccc(N2CCCC(NC(C)C)C2)cn1. The van der Waals surface area contributed by atoms with Gasteiger partial charge in [-0.1, -0.05) is 13.8 Å². The molecule has 1 aromatic heterocycles. The lowest BCUT2D eigenvalue weighted by molar-refractivity contribution is 0.327. The van der Waals surface area contributed by atoms with Crippen LogP contribution in [0.2, 0.25) is 0 Å². The van der Waals surface area contributed by atoms with Crippen LogP contribution in [0.15, 0.2) is 18.3 Å². The molecular formula is C15H25N3O. The van der Waals surface area contributed by atoms with E-state index in [9.17, 15) is 0 Å². The quantitative estimate of drug-likeness (QED) is 0.885. The molecule has 1 atom stereocenters. The van der Waals surface area contributed by atoms with Crippen molar-refractivity contribution < 1.29 is 4.74 Å². The van der Waals surface area contributed by atoms with Crippen LogP contribution in [0.3, 0.4) is 0 Å². The van der Waals surface area contributed by atoms with E-state index in [1.807, 2.05) is 19.2 Å². The van der Waals surface area contributed by atoms with E-state index < -0.39 is 0 Å². The number of nitrogens with zero attached hydrogens (tertiary/aromatic N) is 2. The molecule has 19 heavy (non-hydrogen) atoms. The fourth-order valence-corrected chi connectivity index (χ4v) is 2.61. The Bertz CT molecular complexity index is 377. The summed E-state index contributed by atoms with van der Waals surface area (Å²) in [5, 5.41) is 3.63. The predicted octanol–water partition coefficient (Wildman–Crippen LogP) is 2.45. The molecule has 0 saturated carbocycles. The zero-order valence-corrected chi connectivity index (χ0v) is 12.2. The molecule has 1 N–H and O–H groups in total. The van der Waals surface area contributed by atoms with Gasteiger partial charge in [-0.3, -0.25) is 0 Å². The van der Waals surface area contributed by atoms with Gasteiger partial charge < -0.3 is 15.0 Å². The van der Waals surface area contributed by atoms with Crippen LogP contribution in [0.4, 0.5) is 5.69 Å². The van der Waals surface area contributed by atoms with Crippen molar-refractivity contribution in [1.29, 1.82) is 0 Å². The topological polar surface area (TPSA) is 37.4 Å². The lowest BCUT2D eigenvalue weighted by atomic mass is 10.0. The van der Waals surface area contributed by atoms with Crippen molar-refractivity contribution in [2.45, 2.75) is 45.7 Å². The minimum absolute atomic E-state index is 0.545. The molecule has 1 saturated heterocycles. The van der Waals surface area contributed by atoms with Gasteiger partial charge in [-0.2, -0.15) is 0 Å². The van der Waals surface area contributed by atoms with Crippen LogP contribution < -0.4 is 15.0 Å². The Labute approximate surface area is 116 Å². The Morgan fingerprint density at radius 2 is 2.32 bits per heavy atom. The third-order valence-corrected chi connectivity index (χ3v) is 3.37. The summed E-state index contributed by atoms with van der Waals surface area (Å²) in [7, 11) is 0. The largest absolute Gasteiger partial charge is 0.478 e. The number of piperidine rings is 1. The van der Waals surface area contributed by atoms with Crippen LogP contribution in [0.25, 0.3) is 0 Å². The summed E-state index contributed by atoms with van der Waals surface area (Å²) in [5.41, 5.74) is 1.19. The van der Waals surface area contributed by atoms with E-state index in [2.05, 4.69) is 35.1 Å². The third-order valence-electron chi connectivity index (χ3n) is 3.37. The smallest absolute Gasteiger partial charge is 0.213 e. The minimum Gasteiger partial charge on any atom is -0.478 e. The second-order valence-corrected chi connectivity index (χ2v) is 5.39. The molecule has 1 unspecified atom stereocenters. The molecule has 0 spiro atoms. The average Bonchev–Trinajstić information content (AvgIpc) is 2.39. The molecule has 2 rings (SSSR count). The van der Waals surface area contributed by atoms with Gasteiger partial charge in [0.15, 0.2) is 0 Å². The van der Waals surface area contributed by atoms with E-state index in [0.717, 1.165) is 13.1 Å². The molecule has 1 aliphatic heterocycles. The van der Waals surface area contributed by atoms with Crippen LogP contribution in [0.1, 0.15) is 33.6 Å². The highest BCUT2D eigenvalue weighted by Crippen LogP contribution is 2.21. The molecule has 0 aromatic carbocycles. The van der Waals surface area contributed by atoms with Gasteiger partial charge in [0.25, 0.3) is 0 Å². The Kier molecular flexibility index (Phi) is 5.02. The fourth-order valence-electron chi connectivity index (χ4n) is 2.61. The second kappa shape index (κ2) is 6.75. The Balaban J connectivity index is 1.96. The van der Waals surface area contributed by atoms with Crippen molar-refractivity contribution in [2.75, 3.05) is 24.6 Å². The van der Waals surface area contributed by atoms with E-state index in [1.54, 1.807) is 0 Å². The van der Waals surface area contributed by atoms with E-state index >= 15 is 0 Å². The molecule has 4 heteroatoms. The number of hydrogen-bond donors (Lipinski definition) is 1. The van der Waals surface area contributed by atoms with Gasteiger partial charge in [0.1, 0.15) is 0 Å². The molecule has 4 nitrogen and oxygen atoms in total. The highest BCUT2D eigenvalue weighted by atomic mass is 16.5. The lowest BCUT2D eigenvalue weighted by Crippen LogP contribution is -2.47. The van der Waals surface area contributed by atoms with Crippen molar-refractivity contribution >= 4 is 5.69 Å². The third kappa shape index (κ3) is 4.10. The number of ether oxygens (including phenoxy) is 1. The standard InChI is InChI=1S/C15H25N3O/c1-4-19-15-8-7-14(10-16-15)18-9-5-6-13(11-18)17-12(2)3/h7-8,10,12-13,17H,4-6,9,11H2,1-3H3. The van der Waals surface area contributed by atoms with E-state index in [4.69, 9.17) is 4.74 Å².